The normalized spacial score (nSPS) is 19.6. The minimum absolute atomic E-state index is 0.610. The van der Waals surface area contributed by atoms with Crippen molar-refractivity contribution in [1.29, 1.82) is 0 Å². The Morgan fingerprint density at radius 1 is 1.35 bits per heavy atom. The SMILES string of the molecule is CCNC(=NCc1ccccn1)NCCCN1CCCCC1C. The van der Waals surface area contributed by atoms with Crippen LogP contribution in [0.15, 0.2) is 29.4 Å². The van der Waals surface area contributed by atoms with Crippen LogP contribution < -0.4 is 10.6 Å². The van der Waals surface area contributed by atoms with E-state index in [1.807, 2.05) is 24.4 Å². The number of guanidine groups is 1. The van der Waals surface area contributed by atoms with E-state index in [-0.39, 0.29) is 0 Å². The molecule has 0 spiro atoms. The number of rotatable bonds is 7. The van der Waals surface area contributed by atoms with Crippen LogP contribution in [0.2, 0.25) is 0 Å². The molecule has 0 amide bonds. The van der Waals surface area contributed by atoms with Gasteiger partial charge in [-0.25, -0.2) is 4.99 Å². The Hall–Kier alpha value is -1.62. The Balaban J connectivity index is 1.71. The molecule has 0 bridgehead atoms. The highest BCUT2D eigenvalue weighted by atomic mass is 15.2. The van der Waals surface area contributed by atoms with E-state index in [1.54, 1.807) is 0 Å². The molecular formula is C18H31N5. The summed E-state index contributed by atoms with van der Waals surface area (Å²) in [4.78, 5) is 11.5. The molecule has 2 N–H and O–H groups in total. The largest absolute Gasteiger partial charge is 0.357 e. The van der Waals surface area contributed by atoms with Gasteiger partial charge in [0.15, 0.2) is 5.96 Å². The minimum Gasteiger partial charge on any atom is -0.357 e. The molecule has 1 aliphatic heterocycles. The Labute approximate surface area is 140 Å². The number of nitrogens with zero attached hydrogens (tertiary/aromatic N) is 3. The Kier molecular flexibility index (Phi) is 7.87. The van der Waals surface area contributed by atoms with E-state index in [0.29, 0.717) is 6.54 Å². The number of nitrogens with one attached hydrogen (secondary N) is 2. The molecule has 5 heteroatoms. The van der Waals surface area contributed by atoms with Crippen LogP contribution in [0.5, 0.6) is 0 Å². The molecule has 0 saturated carbocycles. The third kappa shape index (κ3) is 6.57. The summed E-state index contributed by atoms with van der Waals surface area (Å²) in [5, 5.41) is 6.73. The second-order valence-electron chi connectivity index (χ2n) is 6.18. The molecule has 0 radical (unpaired) electrons. The topological polar surface area (TPSA) is 52.6 Å². The van der Waals surface area contributed by atoms with Crippen molar-refractivity contribution in [2.75, 3.05) is 26.2 Å². The fourth-order valence-electron chi connectivity index (χ4n) is 2.97. The monoisotopic (exact) mass is 317 g/mol. The molecule has 1 aromatic rings. The lowest BCUT2D eigenvalue weighted by Crippen LogP contribution is -2.41. The van der Waals surface area contributed by atoms with Crippen molar-refractivity contribution in [1.82, 2.24) is 20.5 Å². The van der Waals surface area contributed by atoms with Crippen LogP contribution >= 0.6 is 0 Å². The van der Waals surface area contributed by atoms with Crippen molar-refractivity contribution in [3.05, 3.63) is 30.1 Å². The third-order valence-electron chi connectivity index (χ3n) is 4.32. The van der Waals surface area contributed by atoms with Crippen molar-refractivity contribution in [2.45, 2.75) is 52.1 Å². The average Bonchev–Trinajstić information content (AvgIpc) is 2.59. The fraction of sp³-hybridized carbons (Fsp3) is 0.667. The van der Waals surface area contributed by atoms with Gasteiger partial charge in [-0.3, -0.25) is 4.98 Å². The van der Waals surface area contributed by atoms with E-state index < -0.39 is 0 Å². The van der Waals surface area contributed by atoms with Gasteiger partial charge in [0.2, 0.25) is 0 Å². The molecule has 0 aromatic carbocycles. The van der Waals surface area contributed by atoms with Crippen LogP contribution in [0.1, 0.15) is 45.2 Å². The molecule has 128 valence electrons. The van der Waals surface area contributed by atoms with Gasteiger partial charge in [-0.05, 0) is 51.8 Å². The van der Waals surface area contributed by atoms with Crippen molar-refractivity contribution in [2.24, 2.45) is 4.99 Å². The third-order valence-corrected chi connectivity index (χ3v) is 4.32. The second kappa shape index (κ2) is 10.2. The maximum atomic E-state index is 4.60. The van der Waals surface area contributed by atoms with Gasteiger partial charge in [0.1, 0.15) is 0 Å². The fourth-order valence-corrected chi connectivity index (χ4v) is 2.97. The molecular weight excluding hydrogens is 286 g/mol. The molecule has 1 atom stereocenters. The van der Waals surface area contributed by atoms with Crippen molar-refractivity contribution in [3.8, 4) is 0 Å². The number of piperidine rings is 1. The second-order valence-corrected chi connectivity index (χ2v) is 6.18. The van der Waals surface area contributed by atoms with Crippen molar-refractivity contribution in [3.63, 3.8) is 0 Å². The van der Waals surface area contributed by atoms with Crippen LogP contribution in [-0.4, -0.2) is 48.1 Å². The summed E-state index contributed by atoms with van der Waals surface area (Å²) < 4.78 is 0. The highest BCUT2D eigenvalue weighted by molar-refractivity contribution is 5.79. The van der Waals surface area contributed by atoms with E-state index in [2.05, 4.69) is 39.4 Å². The highest BCUT2D eigenvalue weighted by Gasteiger charge is 2.16. The first kappa shape index (κ1) is 17.7. The Bertz CT molecular complexity index is 460. The van der Waals surface area contributed by atoms with Crippen LogP contribution in [-0.2, 0) is 6.54 Å². The van der Waals surface area contributed by atoms with E-state index in [9.17, 15) is 0 Å². The summed E-state index contributed by atoms with van der Waals surface area (Å²) in [5.74, 6) is 0.879. The predicted octanol–water partition coefficient (Wildman–Crippen LogP) is 2.40. The van der Waals surface area contributed by atoms with E-state index in [0.717, 1.165) is 37.2 Å². The van der Waals surface area contributed by atoms with Crippen LogP contribution in [0, 0.1) is 0 Å². The van der Waals surface area contributed by atoms with Gasteiger partial charge in [0.05, 0.1) is 12.2 Å². The maximum Gasteiger partial charge on any atom is 0.191 e. The van der Waals surface area contributed by atoms with Crippen LogP contribution in [0.4, 0.5) is 0 Å². The zero-order valence-electron chi connectivity index (χ0n) is 14.6. The quantitative estimate of drug-likeness (QED) is 0.461. The average molecular weight is 317 g/mol. The molecule has 1 aromatic heterocycles. The lowest BCUT2D eigenvalue weighted by atomic mass is 10.0. The molecule has 1 saturated heterocycles. The zero-order chi connectivity index (χ0) is 16.3. The maximum absolute atomic E-state index is 4.60. The van der Waals surface area contributed by atoms with E-state index in [4.69, 9.17) is 0 Å². The molecule has 1 aliphatic rings. The number of aromatic nitrogens is 1. The molecule has 2 rings (SSSR count). The molecule has 0 aliphatic carbocycles. The van der Waals surface area contributed by atoms with Gasteiger partial charge < -0.3 is 15.5 Å². The Morgan fingerprint density at radius 2 is 2.26 bits per heavy atom. The summed E-state index contributed by atoms with van der Waals surface area (Å²) in [6.07, 6.45) is 7.05. The molecule has 5 nitrogen and oxygen atoms in total. The van der Waals surface area contributed by atoms with E-state index in [1.165, 1.54) is 32.4 Å². The van der Waals surface area contributed by atoms with Crippen LogP contribution in [0.3, 0.4) is 0 Å². The molecule has 2 heterocycles. The van der Waals surface area contributed by atoms with Crippen molar-refractivity contribution >= 4 is 5.96 Å². The minimum atomic E-state index is 0.610. The number of likely N-dealkylation sites (tertiary alicyclic amines) is 1. The highest BCUT2D eigenvalue weighted by Crippen LogP contribution is 2.15. The first-order chi connectivity index (χ1) is 11.3. The lowest BCUT2D eigenvalue weighted by molar-refractivity contribution is 0.159. The number of hydrogen-bond acceptors (Lipinski definition) is 3. The van der Waals surface area contributed by atoms with Gasteiger partial charge in [0.25, 0.3) is 0 Å². The van der Waals surface area contributed by atoms with Gasteiger partial charge in [0, 0.05) is 31.9 Å². The van der Waals surface area contributed by atoms with Gasteiger partial charge >= 0.3 is 0 Å². The van der Waals surface area contributed by atoms with Gasteiger partial charge in [-0.15, -0.1) is 0 Å². The summed E-state index contributed by atoms with van der Waals surface area (Å²) in [7, 11) is 0. The summed E-state index contributed by atoms with van der Waals surface area (Å²) in [6, 6.07) is 6.68. The summed E-state index contributed by atoms with van der Waals surface area (Å²) >= 11 is 0. The number of aliphatic imine (C=N–C) groups is 1. The first-order valence-corrected chi connectivity index (χ1v) is 8.95. The Morgan fingerprint density at radius 3 is 3.00 bits per heavy atom. The lowest BCUT2D eigenvalue weighted by Gasteiger charge is -2.33. The zero-order valence-corrected chi connectivity index (χ0v) is 14.6. The molecule has 1 fully saturated rings. The number of pyridine rings is 1. The summed E-state index contributed by atoms with van der Waals surface area (Å²) in [5.41, 5.74) is 0.992. The van der Waals surface area contributed by atoms with E-state index >= 15 is 0 Å². The molecule has 23 heavy (non-hydrogen) atoms. The first-order valence-electron chi connectivity index (χ1n) is 8.95. The predicted molar refractivity (Wildman–Crippen MR) is 96.6 cm³/mol. The van der Waals surface area contributed by atoms with Crippen molar-refractivity contribution < 1.29 is 0 Å². The van der Waals surface area contributed by atoms with Gasteiger partial charge in [-0.1, -0.05) is 12.5 Å². The standard InChI is InChI=1S/C18H31N5/c1-3-19-18(22-15-17-10-4-6-11-20-17)21-12-8-14-23-13-7-5-9-16(23)2/h4,6,10-11,16H,3,5,7-9,12-15H2,1-2H3,(H2,19,21,22). The number of hydrogen-bond donors (Lipinski definition) is 2. The van der Waals surface area contributed by atoms with Gasteiger partial charge in [-0.2, -0.15) is 0 Å². The van der Waals surface area contributed by atoms with Crippen LogP contribution in [0.25, 0.3) is 0 Å². The summed E-state index contributed by atoms with van der Waals surface area (Å²) in [6.45, 7) is 9.31. The smallest absolute Gasteiger partial charge is 0.191 e. The molecule has 1 unspecified atom stereocenters.